The van der Waals surface area contributed by atoms with Gasteiger partial charge >= 0.3 is 17.9 Å². The first-order valence-corrected chi connectivity index (χ1v) is 29.4. The molecule has 0 N–H and O–H groups in total. The van der Waals surface area contributed by atoms with Gasteiger partial charge < -0.3 is 14.2 Å². The van der Waals surface area contributed by atoms with Gasteiger partial charge in [0.1, 0.15) is 13.2 Å². The number of allylic oxidation sites excluding steroid dienone is 18. The van der Waals surface area contributed by atoms with Crippen LogP contribution < -0.4 is 0 Å². The highest BCUT2D eigenvalue weighted by Gasteiger charge is 2.19. The molecular formula is C65H108O6. The van der Waals surface area contributed by atoms with Crippen molar-refractivity contribution in [2.24, 2.45) is 0 Å². The summed E-state index contributed by atoms with van der Waals surface area (Å²) in [5, 5.41) is 0. The van der Waals surface area contributed by atoms with Crippen LogP contribution in [0.1, 0.15) is 265 Å². The van der Waals surface area contributed by atoms with Crippen molar-refractivity contribution in [3.05, 3.63) is 109 Å². The molecule has 0 aliphatic heterocycles. The van der Waals surface area contributed by atoms with Gasteiger partial charge in [0.25, 0.3) is 0 Å². The Kier molecular flexibility index (Phi) is 55.4. The smallest absolute Gasteiger partial charge is 0.306 e. The highest BCUT2D eigenvalue weighted by Crippen LogP contribution is 2.15. The summed E-state index contributed by atoms with van der Waals surface area (Å²) in [6, 6.07) is 0. The summed E-state index contributed by atoms with van der Waals surface area (Å²) in [7, 11) is 0. The molecule has 0 spiro atoms. The molecule has 1 unspecified atom stereocenters. The normalized spacial score (nSPS) is 12.9. The van der Waals surface area contributed by atoms with Crippen molar-refractivity contribution in [3.63, 3.8) is 0 Å². The maximum atomic E-state index is 12.8. The number of carbonyl (C=O) groups excluding carboxylic acids is 3. The van der Waals surface area contributed by atoms with E-state index in [4.69, 9.17) is 14.2 Å². The van der Waals surface area contributed by atoms with E-state index in [1.54, 1.807) is 0 Å². The molecule has 0 saturated heterocycles. The molecule has 0 aliphatic rings. The van der Waals surface area contributed by atoms with Gasteiger partial charge in [0.2, 0.25) is 0 Å². The highest BCUT2D eigenvalue weighted by atomic mass is 16.6. The van der Waals surface area contributed by atoms with Crippen molar-refractivity contribution < 1.29 is 28.6 Å². The molecule has 0 heterocycles. The Bertz CT molecular complexity index is 1460. The van der Waals surface area contributed by atoms with Gasteiger partial charge in [0.05, 0.1) is 0 Å². The molecule has 1 atom stereocenters. The molecule has 0 radical (unpaired) electrons. The molecular weight excluding hydrogens is 877 g/mol. The first-order valence-electron chi connectivity index (χ1n) is 29.4. The minimum Gasteiger partial charge on any atom is -0.462 e. The molecule has 0 aromatic heterocycles. The summed E-state index contributed by atoms with van der Waals surface area (Å²) < 4.78 is 16.8. The van der Waals surface area contributed by atoms with Crippen molar-refractivity contribution in [3.8, 4) is 0 Å². The van der Waals surface area contributed by atoms with Gasteiger partial charge in [-0.05, 0) is 109 Å². The highest BCUT2D eigenvalue weighted by molar-refractivity contribution is 5.71. The van der Waals surface area contributed by atoms with Crippen LogP contribution in [0, 0.1) is 0 Å². The molecule has 0 aromatic rings. The van der Waals surface area contributed by atoms with Gasteiger partial charge in [-0.3, -0.25) is 14.4 Å². The van der Waals surface area contributed by atoms with Crippen LogP contribution in [0.25, 0.3) is 0 Å². The maximum absolute atomic E-state index is 12.8. The zero-order valence-corrected chi connectivity index (χ0v) is 46.2. The van der Waals surface area contributed by atoms with E-state index in [0.29, 0.717) is 19.3 Å². The molecule has 0 rings (SSSR count). The van der Waals surface area contributed by atoms with E-state index in [2.05, 4.69) is 130 Å². The second-order valence-electron chi connectivity index (χ2n) is 19.2. The fourth-order valence-corrected chi connectivity index (χ4v) is 7.86. The number of carbonyl (C=O) groups is 3. The van der Waals surface area contributed by atoms with E-state index in [1.165, 1.54) is 103 Å². The predicted molar refractivity (Wildman–Crippen MR) is 307 cm³/mol. The van der Waals surface area contributed by atoms with Crippen LogP contribution in [0.2, 0.25) is 0 Å². The van der Waals surface area contributed by atoms with E-state index >= 15 is 0 Å². The summed E-state index contributed by atoms with van der Waals surface area (Å²) >= 11 is 0. The van der Waals surface area contributed by atoms with Crippen LogP contribution >= 0.6 is 0 Å². The zero-order valence-electron chi connectivity index (χ0n) is 46.2. The molecule has 0 fully saturated rings. The minimum absolute atomic E-state index is 0.0942. The van der Waals surface area contributed by atoms with E-state index in [0.717, 1.165) is 122 Å². The average molecular weight is 986 g/mol. The number of hydrogen-bond donors (Lipinski definition) is 0. The molecule has 0 amide bonds. The molecule has 0 bridgehead atoms. The second-order valence-corrected chi connectivity index (χ2v) is 19.2. The van der Waals surface area contributed by atoms with E-state index in [1.807, 2.05) is 0 Å². The third-order valence-electron chi connectivity index (χ3n) is 12.3. The maximum Gasteiger partial charge on any atom is 0.306 e. The number of rotatable bonds is 52. The Morgan fingerprint density at radius 2 is 0.549 bits per heavy atom. The van der Waals surface area contributed by atoms with Crippen LogP contribution in [0.4, 0.5) is 0 Å². The number of ether oxygens (including phenoxy) is 3. The first kappa shape index (κ1) is 67.1. The molecule has 0 aromatic carbocycles. The first-order chi connectivity index (χ1) is 35.0. The Morgan fingerprint density at radius 3 is 0.915 bits per heavy atom. The van der Waals surface area contributed by atoms with Crippen LogP contribution in [-0.4, -0.2) is 37.2 Å². The lowest BCUT2D eigenvalue weighted by atomic mass is 10.0. The largest absolute Gasteiger partial charge is 0.462 e. The molecule has 404 valence electrons. The fraction of sp³-hybridized carbons (Fsp3) is 0.677. The lowest BCUT2D eigenvalue weighted by molar-refractivity contribution is -0.167. The molecule has 0 aliphatic carbocycles. The summed E-state index contributed by atoms with van der Waals surface area (Å²) in [6.45, 7) is 6.47. The Morgan fingerprint density at radius 1 is 0.296 bits per heavy atom. The Balaban J connectivity index is 4.40. The SMILES string of the molecule is CC/C=C\C/C=C\C/C=C\C/C=C\C/C=C\C/C=C\C/C=C\C/C=C\CCCCC(=O)OCC(COC(=O)CCCCCCCCCCCCCCC)OC(=O)CCCCCCC/C=C\CCCCCC. The Labute approximate surface area is 438 Å². The van der Waals surface area contributed by atoms with Gasteiger partial charge in [-0.1, -0.05) is 246 Å². The number of hydrogen-bond acceptors (Lipinski definition) is 6. The molecule has 6 heteroatoms. The standard InChI is InChI=1S/C65H108O6/c1-4-7-10-13-16-19-22-25-26-27-28-29-30-31-32-33-34-35-36-37-38-41-43-46-49-52-55-58-64(67)70-61-62(71-65(68)59-56-53-50-47-44-40-24-21-18-15-12-9-6-3)60-69-63(66)57-54-51-48-45-42-39-23-20-17-14-11-8-5-2/h7,10,16,19,21,24-26,28-29,31-32,34-35,37-38,43,46,62H,4-6,8-9,11-15,17-18,20,22-23,27,30,33,36,39-42,44-45,47-61H2,1-3H3/b10-7-,19-16-,24-21-,26-25-,29-28-,32-31-,35-34-,38-37-,46-43-. The summed E-state index contributed by atoms with van der Waals surface area (Å²) in [4.78, 5) is 38.1. The lowest BCUT2D eigenvalue weighted by Crippen LogP contribution is -2.30. The van der Waals surface area contributed by atoms with Crippen molar-refractivity contribution in [1.82, 2.24) is 0 Å². The third kappa shape index (κ3) is 56.9. The van der Waals surface area contributed by atoms with Gasteiger partial charge in [-0.25, -0.2) is 0 Å². The third-order valence-corrected chi connectivity index (χ3v) is 12.3. The molecule has 6 nitrogen and oxygen atoms in total. The lowest BCUT2D eigenvalue weighted by Gasteiger charge is -2.18. The van der Waals surface area contributed by atoms with Crippen LogP contribution in [-0.2, 0) is 28.6 Å². The zero-order chi connectivity index (χ0) is 51.4. The van der Waals surface area contributed by atoms with Gasteiger partial charge in [-0.2, -0.15) is 0 Å². The van der Waals surface area contributed by atoms with E-state index < -0.39 is 6.10 Å². The monoisotopic (exact) mass is 985 g/mol. The second kappa shape index (κ2) is 58.6. The van der Waals surface area contributed by atoms with Crippen LogP contribution in [0.3, 0.4) is 0 Å². The van der Waals surface area contributed by atoms with Crippen LogP contribution in [0.5, 0.6) is 0 Å². The summed E-state index contributed by atoms with van der Waals surface area (Å²) in [5.74, 6) is -0.947. The number of unbranched alkanes of at least 4 members (excludes halogenated alkanes) is 23. The fourth-order valence-electron chi connectivity index (χ4n) is 7.86. The van der Waals surface area contributed by atoms with Crippen molar-refractivity contribution in [2.45, 2.75) is 271 Å². The van der Waals surface area contributed by atoms with Crippen LogP contribution in [0.15, 0.2) is 109 Å². The van der Waals surface area contributed by atoms with Gasteiger partial charge in [0.15, 0.2) is 6.10 Å². The predicted octanol–water partition coefficient (Wildman–Crippen LogP) is 19.9. The van der Waals surface area contributed by atoms with Crippen molar-refractivity contribution in [2.75, 3.05) is 13.2 Å². The van der Waals surface area contributed by atoms with Crippen molar-refractivity contribution >= 4 is 17.9 Å². The van der Waals surface area contributed by atoms with Gasteiger partial charge in [-0.15, -0.1) is 0 Å². The van der Waals surface area contributed by atoms with E-state index in [-0.39, 0.29) is 31.1 Å². The topological polar surface area (TPSA) is 78.9 Å². The summed E-state index contributed by atoms with van der Waals surface area (Å²) in [6.07, 6.45) is 79.4. The van der Waals surface area contributed by atoms with E-state index in [9.17, 15) is 14.4 Å². The molecule has 71 heavy (non-hydrogen) atoms. The minimum atomic E-state index is -0.800. The Hall–Kier alpha value is -3.93. The number of esters is 3. The quantitative estimate of drug-likeness (QED) is 0.0261. The summed E-state index contributed by atoms with van der Waals surface area (Å²) in [5.41, 5.74) is 0. The average Bonchev–Trinajstić information content (AvgIpc) is 3.37. The molecule has 0 saturated carbocycles. The van der Waals surface area contributed by atoms with Crippen molar-refractivity contribution in [1.29, 1.82) is 0 Å². The van der Waals surface area contributed by atoms with Gasteiger partial charge in [0, 0.05) is 19.3 Å².